The highest BCUT2D eigenvalue weighted by molar-refractivity contribution is 7.71. The Morgan fingerprint density at radius 2 is 1.81 bits per heavy atom. The Kier molecular flexibility index (Phi) is 3.33. The van der Waals surface area contributed by atoms with E-state index in [1.807, 2.05) is 6.07 Å². The second-order valence-electron chi connectivity index (χ2n) is 4.30. The number of aromatic amines is 1. The molecule has 6 nitrogen and oxygen atoms in total. The van der Waals surface area contributed by atoms with E-state index in [0.717, 1.165) is 4.68 Å². The Labute approximate surface area is 124 Å². The van der Waals surface area contributed by atoms with Crippen molar-refractivity contribution in [3.8, 4) is 5.75 Å². The molecule has 21 heavy (non-hydrogen) atoms. The number of phenols is 1. The highest BCUT2D eigenvalue weighted by atomic mass is 32.1. The van der Waals surface area contributed by atoms with Crippen LogP contribution in [0.5, 0.6) is 5.75 Å². The third kappa shape index (κ3) is 2.59. The van der Waals surface area contributed by atoms with Crippen LogP contribution < -0.4 is 5.56 Å². The Morgan fingerprint density at radius 1 is 1.10 bits per heavy atom. The van der Waals surface area contributed by atoms with Gasteiger partial charge in [-0.05, 0) is 48.6 Å². The van der Waals surface area contributed by atoms with Crippen molar-refractivity contribution < 1.29 is 5.11 Å². The topological polar surface area (TPSA) is 82.7 Å². The zero-order valence-corrected chi connectivity index (χ0v) is 11.5. The Morgan fingerprint density at radius 3 is 2.57 bits per heavy atom. The second-order valence-corrected chi connectivity index (χ2v) is 4.69. The molecule has 0 bridgehead atoms. The van der Waals surface area contributed by atoms with Crippen molar-refractivity contribution in [2.45, 2.75) is 0 Å². The van der Waals surface area contributed by atoms with Crippen molar-refractivity contribution in [1.29, 1.82) is 0 Å². The van der Waals surface area contributed by atoms with Gasteiger partial charge in [-0.1, -0.05) is 17.4 Å². The zero-order chi connectivity index (χ0) is 14.8. The van der Waals surface area contributed by atoms with Gasteiger partial charge in [0.05, 0.1) is 16.6 Å². The van der Waals surface area contributed by atoms with E-state index >= 15 is 0 Å². The lowest BCUT2D eigenvalue weighted by molar-refractivity contribution is 0.475. The van der Waals surface area contributed by atoms with Crippen molar-refractivity contribution in [2.24, 2.45) is 10.3 Å². The minimum absolute atomic E-state index is 0.133. The Bertz CT molecular complexity index is 942. The molecule has 2 aromatic carbocycles. The fourth-order valence-electron chi connectivity index (χ4n) is 1.85. The van der Waals surface area contributed by atoms with Crippen LogP contribution in [0.2, 0.25) is 0 Å². The van der Waals surface area contributed by atoms with Gasteiger partial charge < -0.3 is 10.1 Å². The number of phenolic OH excluding ortho intramolecular Hbond substituents is 1. The maximum absolute atomic E-state index is 12.3. The molecule has 0 atom stereocenters. The first-order valence-corrected chi connectivity index (χ1v) is 6.51. The third-order valence-electron chi connectivity index (χ3n) is 2.88. The van der Waals surface area contributed by atoms with Crippen LogP contribution >= 0.6 is 12.2 Å². The molecule has 0 saturated heterocycles. The van der Waals surface area contributed by atoms with Gasteiger partial charge in [-0.25, -0.2) is 0 Å². The lowest BCUT2D eigenvalue weighted by atomic mass is 10.2. The highest BCUT2D eigenvalue weighted by Gasteiger charge is 2.04. The largest absolute Gasteiger partial charge is 0.508 e. The molecule has 0 unspecified atom stereocenters. The van der Waals surface area contributed by atoms with Crippen LogP contribution in [0.1, 0.15) is 0 Å². The third-order valence-corrected chi connectivity index (χ3v) is 3.16. The minimum Gasteiger partial charge on any atom is -0.508 e. The average Bonchev–Trinajstić information content (AvgIpc) is 2.49. The maximum Gasteiger partial charge on any atom is 0.284 e. The fourth-order valence-corrected chi connectivity index (χ4v) is 2.08. The van der Waals surface area contributed by atoms with E-state index < -0.39 is 0 Å². The van der Waals surface area contributed by atoms with Crippen molar-refractivity contribution in [2.75, 3.05) is 0 Å². The summed E-state index contributed by atoms with van der Waals surface area (Å²) in [5.74, 6) is 0.133. The van der Waals surface area contributed by atoms with Crippen molar-refractivity contribution >= 4 is 28.8 Å². The van der Waals surface area contributed by atoms with Gasteiger partial charge in [0.2, 0.25) is 4.77 Å². The van der Waals surface area contributed by atoms with Gasteiger partial charge in [-0.15, -0.1) is 5.11 Å². The van der Waals surface area contributed by atoms with Crippen LogP contribution in [-0.4, -0.2) is 14.8 Å². The number of benzene rings is 2. The summed E-state index contributed by atoms with van der Waals surface area (Å²) in [5, 5.41) is 17.5. The van der Waals surface area contributed by atoms with Gasteiger partial charge in [0.25, 0.3) is 5.56 Å². The monoisotopic (exact) mass is 298 g/mol. The van der Waals surface area contributed by atoms with Gasteiger partial charge in [-0.3, -0.25) is 4.79 Å². The molecule has 0 spiro atoms. The molecule has 0 fully saturated rings. The molecule has 0 aliphatic heterocycles. The summed E-state index contributed by atoms with van der Waals surface area (Å²) in [5.41, 5.74) is 0.822. The smallest absolute Gasteiger partial charge is 0.284 e. The van der Waals surface area contributed by atoms with E-state index in [9.17, 15) is 9.90 Å². The molecule has 1 aromatic heterocycles. The maximum atomic E-state index is 12.3. The first kappa shape index (κ1) is 13.2. The van der Waals surface area contributed by atoms with Crippen LogP contribution in [0.4, 0.5) is 5.69 Å². The Balaban J connectivity index is 2.10. The number of nitrogens with one attached hydrogen (secondary N) is 1. The number of hydrogen-bond donors (Lipinski definition) is 2. The zero-order valence-electron chi connectivity index (χ0n) is 10.7. The van der Waals surface area contributed by atoms with Gasteiger partial charge in [0.15, 0.2) is 0 Å². The van der Waals surface area contributed by atoms with Crippen LogP contribution in [0.15, 0.2) is 63.7 Å². The summed E-state index contributed by atoms with van der Waals surface area (Å²) < 4.78 is 1.20. The molecule has 0 saturated carbocycles. The molecular formula is C14H10N4O2S. The molecule has 1 heterocycles. The minimum atomic E-state index is -0.336. The molecule has 0 amide bonds. The SMILES string of the molecule is O=c1c2ccccc2[nH]c(=S)n1N=Nc1ccc(O)cc1. The van der Waals surface area contributed by atoms with E-state index in [4.69, 9.17) is 12.2 Å². The normalized spacial score (nSPS) is 11.2. The first-order valence-electron chi connectivity index (χ1n) is 6.10. The molecule has 3 rings (SSSR count). The fraction of sp³-hybridized carbons (Fsp3) is 0. The lowest BCUT2D eigenvalue weighted by Gasteiger charge is -2.01. The van der Waals surface area contributed by atoms with Crippen LogP contribution in [0.3, 0.4) is 0 Å². The molecule has 2 N–H and O–H groups in total. The van der Waals surface area contributed by atoms with E-state index in [1.54, 1.807) is 30.3 Å². The molecule has 0 aliphatic carbocycles. The summed E-state index contributed by atoms with van der Waals surface area (Å²) in [6.45, 7) is 0. The number of hydrogen-bond acceptors (Lipinski definition) is 5. The van der Waals surface area contributed by atoms with Crippen molar-refractivity contribution in [3.05, 3.63) is 63.7 Å². The van der Waals surface area contributed by atoms with Crippen LogP contribution in [0, 0.1) is 4.77 Å². The van der Waals surface area contributed by atoms with Gasteiger partial charge >= 0.3 is 0 Å². The van der Waals surface area contributed by atoms with Crippen molar-refractivity contribution in [3.63, 3.8) is 0 Å². The van der Waals surface area contributed by atoms with Crippen LogP contribution in [0.25, 0.3) is 10.9 Å². The quantitative estimate of drug-likeness (QED) is 0.562. The summed E-state index contributed by atoms with van der Waals surface area (Å²) in [6.07, 6.45) is 0. The number of aromatic hydroxyl groups is 1. The predicted molar refractivity (Wildman–Crippen MR) is 81.4 cm³/mol. The number of rotatable bonds is 2. The number of H-pyrrole nitrogens is 1. The number of fused-ring (bicyclic) bond motifs is 1. The molecule has 0 aliphatic rings. The molecule has 104 valence electrons. The van der Waals surface area contributed by atoms with E-state index in [-0.39, 0.29) is 16.1 Å². The van der Waals surface area contributed by atoms with E-state index in [2.05, 4.69) is 15.3 Å². The number of aromatic nitrogens is 2. The first-order chi connectivity index (χ1) is 10.1. The predicted octanol–water partition coefficient (Wildman–Crippen LogP) is 3.31. The summed E-state index contributed by atoms with van der Waals surface area (Å²) >= 11 is 5.12. The molecule has 3 aromatic rings. The molecule has 0 radical (unpaired) electrons. The number of nitrogens with zero attached hydrogens (tertiary/aromatic N) is 3. The van der Waals surface area contributed by atoms with Crippen LogP contribution in [-0.2, 0) is 0 Å². The molecular weight excluding hydrogens is 288 g/mol. The van der Waals surface area contributed by atoms with Gasteiger partial charge in [0, 0.05) is 0 Å². The number of para-hydroxylation sites is 1. The summed E-state index contributed by atoms with van der Waals surface area (Å²) in [7, 11) is 0. The van der Waals surface area contributed by atoms with E-state index in [0.29, 0.717) is 16.6 Å². The lowest BCUT2D eigenvalue weighted by Crippen LogP contribution is -2.17. The van der Waals surface area contributed by atoms with Gasteiger partial charge in [0.1, 0.15) is 5.75 Å². The van der Waals surface area contributed by atoms with E-state index in [1.165, 1.54) is 12.1 Å². The summed E-state index contributed by atoms with van der Waals surface area (Å²) in [6, 6.07) is 13.2. The summed E-state index contributed by atoms with van der Waals surface area (Å²) in [4.78, 5) is 15.2. The average molecular weight is 298 g/mol. The standard InChI is InChI=1S/C14H10N4O2S/c19-10-7-5-9(6-8-10)16-17-18-13(20)11-3-1-2-4-12(11)15-14(18)21/h1-8,19H,(H,15,21). The highest BCUT2D eigenvalue weighted by Crippen LogP contribution is 2.17. The van der Waals surface area contributed by atoms with Gasteiger partial charge in [-0.2, -0.15) is 4.68 Å². The Hall–Kier alpha value is -2.80. The van der Waals surface area contributed by atoms with Crippen molar-refractivity contribution in [1.82, 2.24) is 9.66 Å². The molecule has 7 heteroatoms. The second kappa shape index (κ2) is 5.29.